The number of aryl methyl sites for hydroxylation is 3. The zero-order valence-corrected chi connectivity index (χ0v) is 30.3. The van der Waals surface area contributed by atoms with Crippen LogP contribution < -0.4 is 14.9 Å². The monoisotopic (exact) mass is 599 g/mol. The molecule has 7 aromatic rings. The summed E-state index contributed by atoms with van der Waals surface area (Å²) in [7, 11) is -1.23. The molecule has 220 valence electrons. The van der Waals surface area contributed by atoms with Crippen molar-refractivity contribution in [3.63, 3.8) is 0 Å². The third-order valence-corrected chi connectivity index (χ3v) is 14.0. The Morgan fingerprint density at radius 1 is 0.674 bits per heavy atom. The van der Waals surface area contributed by atoms with E-state index in [0.29, 0.717) is 0 Å². The summed E-state index contributed by atoms with van der Waals surface area (Å²) in [5.41, 5.74) is 9.99. The van der Waals surface area contributed by atoms with Gasteiger partial charge in [-0.2, -0.15) is 0 Å². The molecule has 3 aromatic heterocycles. The molecule has 0 fully saturated rings. The molecule has 0 saturated heterocycles. The van der Waals surface area contributed by atoms with Gasteiger partial charge in [0.05, 0.1) is 43.5 Å². The van der Waals surface area contributed by atoms with Crippen LogP contribution in [-0.4, -0.2) is 20.5 Å². The van der Waals surface area contributed by atoms with Crippen LogP contribution in [0.15, 0.2) is 54.7 Å². The van der Waals surface area contributed by atoms with E-state index in [2.05, 4.69) is 145 Å². The maximum atomic E-state index is 2.68. The quantitative estimate of drug-likeness (QED) is 0.0828. The maximum Gasteiger partial charge on any atom is 0.224 e. The van der Waals surface area contributed by atoms with Crippen molar-refractivity contribution in [3.8, 4) is 0 Å². The molecule has 0 radical (unpaired) electrons. The topological polar surface area (TPSA) is 8.29 Å². The summed E-state index contributed by atoms with van der Waals surface area (Å²) in [4.78, 5) is 0. The van der Waals surface area contributed by atoms with Crippen LogP contribution in [0.25, 0.3) is 59.8 Å². The van der Waals surface area contributed by atoms with Crippen molar-refractivity contribution >= 4 is 86.3 Å². The summed E-state index contributed by atoms with van der Waals surface area (Å²) >= 11 is 0. The van der Waals surface area contributed by atoms with E-state index in [-0.39, 0.29) is 5.41 Å². The van der Waals surface area contributed by atoms with Gasteiger partial charge in [0.15, 0.2) is 6.20 Å². The first-order valence-corrected chi connectivity index (χ1v) is 23.0. The first kappa shape index (κ1) is 28.5. The Morgan fingerprint density at radius 2 is 1.35 bits per heavy atom. The lowest BCUT2D eigenvalue weighted by molar-refractivity contribution is -0.643. The molecule has 0 bridgehead atoms. The highest BCUT2D eigenvalue weighted by Crippen LogP contribution is 2.44. The van der Waals surface area contributed by atoms with Gasteiger partial charge in [-0.05, 0) is 64.6 Å². The molecule has 4 heteroatoms. The zero-order chi connectivity index (χ0) is 31.0. The molecular formula is C39H47N2Si2+. The Balaban J connectivity index is 1.87. The Kier molecular flexibility index (Phi) is 5.92. The molecule has 0 atom stereocenters. The van der Waals surface area contributed by atoms with Crippen LogP contribution in [0.2, 0.25) is 39.3 Å². The number of para-hydroxylation sites is 1. The minimum absolute atomic E-state index is 0.249. The normalized spacial score (nSPS) is 13.7. The van der Waals surface area contributed by atoms with Crippen LogP contribution >= 0.6 is 0 Å². The second kappa shape index (κ2) is 8.92. The lowest BCUT2D eigenvalue weighted by atomic mass is 9.86. The highest BCUT2D eigenvalue weighted by molar-refractivity contribution is 7.01. The molecule has 2 nitrogen and oxygen atoms in total. The highest BCUT2D eigenvalue weighted by Gasteiger charge is 2.37. The number of hydrogen-bond acceptors (Lipinski definition) is 0. The Morgan fingerprint density at radius 3 is 2.00 bits per heavy atom. The zero-order valence-electron chi connectivity index (χ0n) is 28.3. The predicted octanol–water partition coefficient (Wildman–Crippen LogP) is 9.26. The predicted molar refractivity (Wildman–Crippen MR) is 196 cm³/mol. The molecule has 43 heavy (non-hydrogen) atoms. The molecule has 0 aliphatic rings. The summed E-state index contributed by atoms with van der Waals surface area (Å²) in [6.07, 6.45) is 3.42. The second-order valence-electron chi connectivity index (χ2n) is 16.5. The number of pyridine rings is 2. The first-order chi connectivity index (χ1) is 20.0. The minimum Gasteiger partial charge on any atom is -0.307 e. The van der Waals surface area contributed by atoms with Crippen LogP contribution in [0.5, 0.6) is 0 Å². The van der Waals surface area contributed by atoms with E-state index >= 15 is 0 Å². The maximum absolute atomic E-state index is 2.68. The average Bonchev–Trinajstić information content (AvgIpc) is 3.24. The van der Waals surface area contributed by atoms with E-state index in [9.17, 15) is 0 Å². The number of aromatic nitrogens is 2. The van der Waals surface area contributed by atoms with Crippen molar-refractivity contribution in [3.05, 3.63) is 71.4 Å². The molecule has 0 spiro atoms. The fourth-order valence-corrected chi connectivity index (χ4v) is 14.3. The second-order valence-corrected chi connectivity index (χ2v) is 26.5. The van der Waals surface area contributed by atoms with Gasteiger partial charge in [-0.1, -0.05) is 107 Å². The molecule has 0 aliphatic heterocycles. The Labute approximate surface area is 258 Å². The van der Waals surface area contributed by atoms with Crippen molar-refractivity contribution in [1.29, 1.82) is 0 Å². The molecule has 0 aliphatic carbocycles. The van der Waals surface area contributed by atoms with Crippen LogP contribution in [0.4, 0.5) is 0 Å². The molecular weight excluding hydrogens is 553 g/mol. The highest BCUT2D eigenvalue weighted by atomic mass is 28.3. The summed E-state index contributed by atoms with van der Waals surface area (Å²) in [5.74, 6) is 0. The third-order valence-electron chi connectivity index (χ3n) is 9.76. The molecule has 0 saturated carbocycles. The van der Waals surface area contributed by atoms with E-state index in [4.69, 9.17) is 0 Å². The summed E-state index contributed by atoms with van der Waals surface area (Å²) in [6.45, 7) is 27.1. The Hall–Kier alpha value is -3.22. The summed E-state index contributed by atoms with van der Waals surface area (Å²) < 4.78 is 5.10. The largest absolute Gasteiger partial charge is 0.307 e. The van der Waals surface area contributed by atoms with Gasteiger partial charge in [-0.15, -0.1) is 0 Å². The smallest absolute Gasteiger partial charge is 0.224 e. The van der Waals surface area contributed by atoms with Gasteiger partial charge in [0.1, 0.15) is 7.05 Å². The average molecular weight is 600 g/mol. The van der Waals surface area contributed by atoms with Crippen molar-refractivity contribution < 1.29 is 4.57 Å². The van der Waals surface area contributed by atoms with Gasteiger partial charge in [-0.25, -0.2) is 4.57 Å². The third kappa shape index (κ3) is 3.98. The fraction of sp³-hybridized carbons (Fsp3) is 0.359. The van der Waals surface area contributed by atoms with E-state index in [1.54, 1.807) is 10.4 Å². The summed E-state index contributed by atoms with van der Waals surface area (Å²) in [6, 6.07) is 19.0. The van der Waals surface area contributed by atoms with Gasteiger partial charge < -0.3 is 4.40 Å². The van der Waals surface area contributed by atoms with Crippen LogP contribution in [0.3, 0.4) is 0 Å². The van der Waals surface area contributed by atoms with Gasteiger partial charge in [0.25, 0.3) is 0 Å². The molecule has 0 N–H and O–H groups in total. The lowest BCUT2D eigenvalue weighted by Crippen LogP contribution is -2.57. The van der Waals surface area contributed by atoms with Crippen LogP contribution in [0, 0.1) is 19.3 Å². The molecule has 0 amide bonds. The van der Waals surface area contributed by atoms with E-state index < -0.39 is 16.1 Å². The number of rotatable bonds is 3. The Bertz CT molecular complexity index is 2280. The van der Waals surface area contributed by atoms with Gasteiger partial charge >= 0.3 is 0 Å². The minimum atomic E-state index is -1.75. The number of fused-ring (bicyclic) bond motifs is 7. The molecule has 3 heterocycles. The number of benzene rings is 4. The van der Waals surface area contributed by atoms with Gasteiger partial charge in [0.2, 0.25) is 5.52 Å². The van der Waals surface area contributed by atoms with E-state index in [0.717, 1.165) is 6.42 Å². The summed E-state index contributed by atoms with van der Waals surface area (Å²) in [5, 5.41) is 13.4. The van der Waals surface area contributed by atoms with Crippen LogP contribution in [0.1, 0.15) is 37.5 Å². The van der Waals surface area contributed by atoms with Crippen molar-refractivity contribution in [2.24, 2.45) is 12.5 Å². The van der Waals surface area contributed by atoms with E-state index in [1.165, 1.54) is 76.5 Å². The van der Waals surface area contributed by atoms with E-state index in [1.807, 2.05) is 0 Å². The molecule has 4 aromatic carbocycles. The van der Waals surface area contributed by atoms with Gasteiger partial charge in [0, 0.05) is 16.8 Å². The lowest BCUT2D eigenvalue weighted by Gasteiger charge is -2.31. The van der Waals surface area contributed by atoms with Crippen molar-refractivity contribution in [2.75, 3.05) is 0 Å². The fourth-order valence-electron chi connectivity index (χ4n) is 8.30. The van der Waals surface area contributed by atoms with Crippen LogP contribution in [-0.2, 0) is 13.5 Å². The first-order valence-electron chi connectivity index (χ1n) is 16.0. The number of hydrogen-bond donors (Lipinski definition) is 0. The van der Waals surface area contributed by atoms with Gasteiger partial charge in [-0.3, -0.25) is 0 Å². The molecule has 0 unspecified atom stereocenters. The molecule has 7 rings (SSSR count). The standard InChI is InChI=1S/C39H47N2Si2/c1-23-29-21-25(22-39(3,4)5)17-18-26(29)24(2)34-31(23)35-32-28(19-20-40(35)6)37(42(7,8)9)38(43(10,11)12)33-27-15-13-14-16-30(27)41(34)36(32)33/h13-21H,22H2,1-12H3/q+1. The number of nitrogens with zero attached hydrogens (tertiary/aromatic N) is 2. The van der Waals surface area contributed by atoms with Crippen molar-refractivity contribution in [2.45, 2.75) is 80.3 Å². The van der Waals surface area contributed by atoms with Crippen molar-refractivity contribution in [1.82, 2.24) is 4.40 Å². The SMILES string of the molecule is Cc1c2cc(CC(C)(C)C)ccc2c(C)c2c1c1c3c(cc[n+]1C)c([Si](C)(C)C)c([Si](C)(C)C)c1c4ccccc4n2c13.